The third kappa shape index (κ3) is 3.48. The van der Waals surface area contributed by atoms with Gasteiger partial charge in [-0.3, -0.25) is 9.36 Å². The number of hydrogen-bond acceptors (Lipinski definition) is 2. The highest BCUT2D eigenvalue weighted by molar-refractivity contribution is 6.30. The zero-order chi connectivity index (χ0) is 14.5. The SMILES string of the molecule is O=C(O)C(CCc1ccccc1)n1cc(Cl)ccc1=O. The Morgan fingerprint density at radius 3 is 2.55 bits per heavy atom. The van der Waals surface area contributed by atoms with E-state index >= 15 is 0 Å². The molecule has 5 heteroatoms. The van der Waals surface area contributed by atoms with E-state index in [9.17, 15) is 14.7 Å². The van der Waals surface area contributed by atoms with Gasteiger partial charge in [-0.1, -0.05) is 41.9 Å². The van der Waals surface area contributed by atoms with Gasteiger partial charge in [-0.2, -0.15) is 0 Å². The standard InChI is InChI=1S/C15H14ClNO3/c16-12-7-9-14(18)17(10-12)13(15(19)20)8-6-11-4-2-1-3-5-11/h1-5,7,9-10,13H,6,8H2,(H,19,20). The maximum atomic E-state index is 11.8. The molecular weight excluding hydrogens is 278 g/mol. The Kier molecular flexibility index (Phi) is 4.58. The second kappa shape index (κ2) is 6.39. The lowest BCUT2D eigenvalue weighted by Crippen LogP contribution is -2.29. The molecule has 1 aromatic carbocycles. The predicted octanol–water partition coefficient (Wildman–Crippen LogP) is 2.76. The molecule has 1 atom stereocenters. The van der Waals surface area contributed by atoms with Crippen LogP contribution in [0.5, 0.6) is 0 Å². The largest absolute Gasteiger partial charge is 0.480 e. The molecule has 20 heavy (non-hydrogen) atoms. The Hall–Kier alpha value is -2.07. The summed E-state index contributed by atoms with van der Waals surface area (Å²) >= 11 is 5.83. The molecule has 0 aliphatic carbocycles. The van der Waals surface area contributed by atoms with E-state index in [0.717, 1.165) is 5.56 Å². The third-order valence-electron chi connectivity index (χ3n) is 3.07. The Labute approximate surface area is 121 Å². The number of rotatable bonds is 5. The number of benzene rings is 1. The van der Waals surface area contributed by atoms with E-state index in [4.69, 9.17) is 11.6 Å². The zero-order valence-electron chi connectivity index (χ0n) is 10.7. The average Bonchev–Trinajstić information content (AvgIpc) is 2.43. The second-order valence-electron chi connectivity index (χ2n) is 4.47. The van der Waals surface area contributed by atoms with Gasteiger partial charge in [0.1, 0.15) is 6.04 Å². The highest BCUT2D eigenvalue weighted by Gasteiger charge is 2.20. The van der Waals surface area contributed by atoms with Gasteiger partial charge in [0.2, 0.25) is 0 Å². The quantitative estimate of drug-likeness (QED) is 0.921. The molecule has 1 unspecified atom stereocenters. The molecular formula is C15H14ClNO3. The molecule has 0 aliphatic heterocycles. The first-order valence-corrected chi connectivity index (χ1v) is 6.60. The van der Waals surface area contributed by atoms with Crippen LogP contribution in [0.4, 0.5) is 0 Å². The van der Waals surface area contributed by atoms with E-state index in [2.05, 4.69) is 0 Å². The summed E-state index contributed by atoms with van der Waals surface area (Å²) in [6, 6.07) is 11.4. The topological polar surface area (TPSA) is 59.3 Å². The number of carbonyl (C=O) groups is 1. The maximum Gasteiger partial charge on any atom is 0.326 e. The van der Waals surface area contributed by atoms with Crippen molar-refractivity contribution in [3.05, 3.63) is 69.6 Å². The van der Waals surface area contributed by atoms with Gasteiger partial charge in [0.25, 0.3) is 5.56 Å². The highest BCUT2D eigenvalue weighted by Crippen LogP contribution is 2.16. The van der Waals surface area contributed by atoms with Crippen molar-refractivity contribution in [1.29, 1.82) is 0 Å². The lowest BCUT2D eigenvalue weighted by Gasteiger charge is -2.15. The molecule has 0 fully saturated rings. The van der Waals surface area contributed by atoms with E-state index in [-0.39, 0.29) is 5.56 Å². The molecule has 2 rings (SSSR count). The van der Waals surface area contributed by atoms with Gasteiger partial charge in [-0.15, -0.1) is 0 Å². The van der Waals surface area contributed by atoms with Crippen LogP contribution in [0.1, 0.15) is 18.0 Å². The van der Waals surface area contributed by atoms with Gasteiger partial charge in [0.05, 0.1) is 5.02 Å². The fraction of sp³-hybridized carbons (Fsp3) is 0.200. The minimum atomic E-state index is -1.04. The molecule has 1 N–H and O–H groups in total. The van der Waals surface area contributed by atoms with E-state index < -0.39 is 12.0 Å². The molecule has 0 saturated carbocycles. The first-order chi connectivity index (χ1) is 9.58. The zero-order valence-corrected chi connectivity index (χ0v) is 11.5. The van der Waals surface area contributed by atoms with Gasteiger partial charge < -0.3 is 5.11 Å². The van der Waals surface area contributed by atoms with E-state index in [0.29, 0.717) is 17.9 Å². The summed E-state index contributed by atoms with van der Waals surface area (Å²) in [5.74, 6) is -1.04. The van der Waals surface area contributed by atoms with Crippen LogP contribution in [-0.4, -0.2) is 15.6 Å². The van der Waals surface area contributed by atoms with E-state index in [1.54, 1.807) is 0 Å². The number of carboxylic acids is 1. The minimum absolute atomic E-state index is 0.333. The number of aryl methyl sites for hydroxylation is 1. The molecule has 0 bridgehead atoms. The molecule has 0 radical (unpaired) electrons. The van der Waals surface area contributed by atoms with Crippen molar-refractivity contribution in [2.24, 2.45) is 0 Å². The second-order valence-corrected chi connectivity index (χ2v) is 4.91. The van der Waals surface area contributed by atoms with Crippen LogP contribution in [0, 0.1) is 0 Å². The molecule has 104 valence electrons. The van der Waals surface area contributed by atoms with Crippen molar-refractivity contribution in [3.63, 3.8) is 0 Å². The molecule has 1 aromatic heterocycles. The Bertz CT molecular complexity index is 652. The van der Waals surface area contributed by atoms with Crippen LogP contribution in [0.3, 0.4) is 0 Å². The highest BCUT2D eigenvalue weighted by atomic mass is 35.5. The molecule has 0 aliphatic rings. The Balaban J connectivity index is 2.21. The van der Waals surface area contributed by atoms with Crippen molar-refractivity contribution in [2.45, 2.75) is 18.9 Å². The number of aromatic nitrogens is 1. The van der Waals surface area contributed by atoms with Crippen LogP contribution in [-0.2, 0) is 11.2 Å². The fourth-order valence-electron chi connectivity index (χ4n) is 2.05. The first-order valence-electron chi connectivity index (χ1n) is 6.22. The van der Waals surface area contributed by atoms with Gasteiger partial charge in [-0.05, 0) is 24.5 Å². The van der Waals surface area contributed by atoms with Crippen molar-refractivity contribution in [2.75, 3.05) is 0 Å². The predicted molar refractivity (Wildman–Crippen MR) is 77.1 cm³/mol. The monoisotopic (exact) mass is 291 g/mol. The summed E-state index contributed by atoms with van der Waals surface area (Å²) < 4.78 is 1.17. The van der Waals surface area contributed by atoms with Crippen LogP contribution >= 0.6 is 11.6 Å². The number of nitrogens with zero attached hydrogens (tertiary/aromatic N) is 1. The number of carboxylic acid groups (broad SMARTS) is 1. The van der Waals surface area contributed by atoms with Crippen LogP contribution in [0.25, 0.3) is 0 Å². The van der Waals surface area contributed by atoms with Crippen LogP contribution < -0.4 is 5.56 Å². The Morgan fingerprint density at radius 2 is 1.90 bits per heavy atom. The molecule has 0 saturated heterocycles. The summed E-state index contributed by atoms with van der Waals surface area (Å²) in [5, 5.41) is 9.66. The molecule has 0 amide bonds. The van der Waals surface area contributed by atoms with Crippen LogP contribution in [0.15, 0.2) is 53.5 Å². The number of pyridine rings is 1. The van der Waals surface area contributed by atoms with Crippen molar-refractivity contribution < 1.29 is 9.90 Å². The minimum Gasteiger partial charge on any atom is -0.480 e. The normalized spacial score (nSPS) is 12.1. The van der Waals surface area contributed by atoms with Gasteiger partial charge in [0, 0.05) is 12.3 Å². The van der Waals surface area contributed by atoms with Gasteiger partial charge in [-0.25, -0.2) is 4.79 Å². The number of hydrogen-bond donors (Lipinski definition) is 1. The third-order valence-corrected chi connectivity index (χ3v) is 3.30. The summed E-state index contributed by atoms with van der Waals surface area (Å²) in [4.78, 5) is 23.2. The summed E-state index contributed by atoms with van der Waals surface area (Å²) in [7, 11) is 0. The van der Waals surface area contributed by atoms with E-state index in [1.807, 2.05) is 30.3 Å². The van der Waals surface area contributed by atoms with Crippen molar-refractivity contribution in [1.82, 2.24) is 4.57 Å². The average molecular weight is 292 g/mol. The van der Waals surface area contributed by atoms with Gasteiger partial charge in [0.15, 0.2) is 0 Å². The van der Waals surface area contributed by atoms with Crippen molar-refractivity contribution in [3.8, 4) is 0 Å². The smallest absolute Gasteiger partial charge is 0.326 e. The number of aliphatic carboxylic acids is 1. The maximum absolute atomic E-state index is 11.8. The summed E-state index contributed by atoms with van der Waals surface area (Å²) in [6.07, 6.45) is 2.28. The first kappa shape index (κ1) is 14.3. The molecule has 4 nitrogen and oxygen atoms in total. The summed E-state index contributed by atoms with van der Waals surface area (Å²) in [6.45, 7) is 0. The lowest BCUT2D eigenvalue weighted by atomic mass is 10.1. The molecule has 1 heterocycles. The Morgan fingerprint density at radius 1 is 1.20 bits per heavy atom. The fourth-order valence-corrected chi connectivity index (χ4v) is 2.22. The lowest BCUT2D eigenvalue weighted by molar-refractivity contribution is -0.141. The molecule has 0 spiro atoms. The summed E-state index contributed by atoms with van der Waals surface area (Å²) in [5.41, 5.74) is 0.670. The van der Waals surface area contributed by atoms with Crippen molar-refractivity contribution >= 4 is 17.6 Å². The van der Waals surface area contributed by atoms with E-state index in [1.165, 1.54) is 22.9 Å². The molecule has 2 aromatic rings. The van der Waals surface area contributed by atoms with Gasteiger partial charge >= 0.3 is 5.97 Å². The number of halogens is 1. The van der Waals surface area contributed by atoms with Crippen LogP contribution in [0.2, 0.25) is 5.02 Å².